The molecule has 1 aliphatic heterocycles. The van der Waals surface area contributed by atoms with E-state index in [-0.39, 0.29) is 17.0 Å². The van der Waals surface area contributed by atoms with E-state index in [2.05, 4.69) is 17.2 Å². The lowest BCUT2D eigenvalue weighted by Crippen LogP contribution is -2.16. The van der Waals surface area contributed by atoms with E-state index in [4.69, 9.17) is 0 Å². The molecule has 68 valence electrons. The molecule has 0 radical (unpaired) electrons. The second kappa shape index (κ2) is 4.35. The van der Waals surface area contributed by atoms with Gasteiger partial charge in [0.1, 0.15) is 0 Å². The predicted molar refractivity (Wildman–Crippen MR) is 57.5 cm³/mol. The van der Waals surface area contributed by atoms with Crippen LogP contribution in [0.5, 0.6) is 0 Å². The van der Waals surface area contributed by atoms with Crippen LogP contribution in [0.1, 0.15) is 15.6 Å². The number of rotatable bonds is 0. The highest BCUT2D eigenvalue weighted by atomic mass is 79.9. The van der Waals surface area contributed by atoms with Gasteiger partial charge in [0.05, 0.1) is 10.7 Å². The van der Waals surface area contributed by atoms with Crippen molar-refractivity contribution in [3.8, 4) is 0 Å². The van der Waals surface area contributed by atoms with Gasteiger partial charge in [-0.1, -0.05) is 0 Å². The van der Waals surface area contributed by atoms with Gasteiger partial charge in [-0.25, -0.2) is 4.98 Å². The Morgan fingerprint density at radius 1 is 1.33 bits per heavy atom. The third-order valence-electron chi connectivity index (χ3n) is 1.95. The molecule has 0 saturated heterocycles. The lowest BCUT2D eigenvalue weighted by atomic mass is 10.2. The van der Waals surface area contributed by atoms with Gasteiger partial charge in [-0.05, 0) is 13.3 Å². The minimum Gasteiger partial charge on any atom is -0.316 e. The van der Waals surface area contributed by atoms with Crippen LogP contribution >= 0.6 is 28.3 Å². The normalized spacial score (nSPS) is 16.1. The van der Waals surface area contributed by atoms with E-state index in [0.717, 1.165) is 19.5 Å². The molecule has 0 spiro atoms. The van der Waals surface area contributed by atoms with Gasteiger partial charge >= 0.3 is 0 Å². The summed E-state index contributed by atoms with van der Waals surface area (Å²) in [6, 6.07) is 0. The van der Waals surface area contributed by atoms with Crippen molar-refractivity contribution in [2.45, 2.75) is 19.8 Å². The molecular formula is C8H13BrN2S. The van der Waals surface area contributed by atoms with Crippen LogP contribution in [-0.4, -0.2) is 18.1 Å². The van der Waals surface area contributed by atoms with Gasteiger partial charge in [0.15, 0.2) is 0 Å². The summed E-state index contributed by atoms with van der Waals surface area (Å²) < 4.78 is 0. The Labute approximate surface area is 87.2 Å². The second-order valence-corrected chi connectivity index (χ2v) is 4.14. The Morgan fingerprint density at radius 3 is 2.92 bits per heavy atom. The Hall–Kier alpha value is 0.0700. The van der Waals surface area contributed by atoms with Crippen molar-refractivity contribution in [3.63, 3.8) is 0 Å². The maximum atomic E-state index is 4.49. The van der Waals surface area contributed by atoms with Crippen LogP contribution in [0.2, 0.25) is 0 Å². The average molecular weight is 249 g/mol. The molecule has 0 fully saturated rings. The lowest BCUT2D eigenvalue weighted by molar-refractivity contribution is 0.708. The van der Waals surface area contributed by atoms with Crippen LogP contribution < -0.4 is 5.32 Å². The summed E-state index contributed by atoms with van der Waals surface area (Å²) in [7, 11) is 0. The maximum Gasteiger partial charge on any atom is 0.0900 e. The van der Waals surface area contributed by atoms with Crippen LogP contribution in [0.3, 0.4) is 0 Å². The Morgan fingerprint density at radius 2 is 2.08 bits per heavy atom. The molecule has 0 atom stereocenters. The van der Waals surface area contributed by atoms with Crippen LogP contribution in [0.15, 0.2) is 0 Å². The maximum absolute atomic E-state index is 4.49. The molecule has 0 aliphatic carbocycles. The summed E-state index contributed by atoms with van der Waals surface area (Å²) in [5.41, 5.74) is 1.33. The van der Waals surface area contributed by atoms with Crippen molar-refractivity contribution in [1.29, 1.82) is 0 Å². The van der Waals surface area contributed by atoms with Crippen molar-refractivity contribution >= 4 is 28.3 Å². The highest BCUT2D eigenvalue weighted by Gasteiger charge is 2.10. The van der Waals surface area contributed by atoms with E-state index in [0.29, 0.717) is 0 Å². The molecular weight excluding hydrogens is 236 g/mol. The van der Waals surface area contributed by atoms with E-state index < -0.39 is 0 Å². The summed E-state index contributed by atoms with van der Waals surface area (Å²) in [6.07, 6.45) is 2.28. The average Bonchev–Trinajstić information content (AvgIpc) is 2.17. The predicted octanol–water partition coefficient (Wildman–Crippen LogP) is 1.72. The minimum absolute atomic E-state index is 0. The van der Waals surface area contributed by atoms with Gasteiger partial charge in [-0.3, -0.25) is 0 Å². The standard InChI is InChI=1S/C8H12N2S.BrH/c1-6-10-7-2-4-9-5-3-8(7)11-6;/h9H,2-5H2,1H3;1H. The Balaban J connectivity index is 0.000000720. The number of halogens is 1. The summed E-state index contributed by atoms with van der Waals surface area (Å²) in [4.78, 5) is 5.98. The first kappa shape index (κ1) is 10.2. The highest BCUT2D eigenvalue weighted by Crippen LogP contribution is 2.19. The van der Waals surface area contributed by atoms with E-state index >= 15 is 0 Å². The van der Waals surface area contributed by atoms with Crippen molar-refractivity contribution in [2.75, 3.05) is 13.1 Å². The third-order valence-corrected chi connectivity index (χ3v) is 3.03. The van der Waals surface area contributed by atoms with Gasteiger partial charge < -0.3 is 5.32 Å². The molecule has 2 rings (SSSR count). The quantitative estimate of drug-likeness (QED) is 0.757. The molecule has 1 N–H and O–H groups in total. The van der Waals surface area contributed by atoms with Gasteiger partial charge in [0.25, 0.3) is 0 Å². The van der Waals surface area contributed by atoms with Crippen molar-refractivity contribution in [3.05, 3.63) is 15.6 Å². The first-order valence-corrected chi connectivity index (χ1v) is 4.84. The van der Waals surface area contributed by atoms with E-state index in [1.807, 2.05) is 11.3 Å². The van der Waals surface area contributed by atoms with Gasteiger partial charge in [-0.2, -0.15) is 0 Å². The lowest BCUT2D eigenvalue weighted by Gasteiger charge is -1.93. The molecule has 0 amide bonds. The van der Waals surface area contributed by atoms with Gasteiger partial charge in [0.2, 0.25) is 0 Å². The topological polar surface area (TPSA) is 24.9 Å². The fourth-order valence-electron chi connectivity index (χ4n) is 1.44. The van der Waals surface area contributed by atoms with E-state index in [9.17, 15) is 0 Å². The number of nitrogens with zero attached hydrogens (tertiary/aromatic N) is 1. The van der Waals surface area contributed by atoms with Crippen molar-refractivity contribution in [1.82, 2.24) is 10.3 Å². The molecule has 1 aliphatic rings. The summed E-state index contributed by atoms with van der Waals surface area (Å²) in [6.45, 7) is 4.30. The third kappa shape index (κ3) is 2.06. The number of thiazole rings is 1. The number of fused-ring (bicyclic) bond motifs is 1. The summed E-state index contributed by atoms with van der Waals surface area (Å²) in [5.74, 6) is 0. The monoisotopic (exact) mass is 248 g/mol. The van der Waals surface area contributed by atoms with Crippen LogP contribution in [0.4, 0.5) is 0 Å². The van der Waals surface area contributed by atoms with Crippen LogP contribution in [0.25, 0.3) is 0 Å². The minimum atomic E-state index is 0. The molecule has 0 bridgehead atoms. The molecule has 4 heteroatoms. The van der Waals surface area contributed by atoms with Gasteiger partial charge in [0, 0.05) is 24.4 Å². The molecule has 0 unspecified atom stereocenters. The fourth-order valence-corrected chi connectivity index (χ4v) is 2.42. The molecule has 0 aromatic carbocycles. The SMILES string of the molecule is Br.Cc1nc2c(s1)CCNCC2. The second-order valence-electron chi connectivity index (χ2n) is 2.85. The molecule has 12 heavy (non-hydrogen) atoms. The summed E-state index contributed by atoms with van der Waals surface area (Å²) in [5, 5.41) is 4.59. The largest absolute Gasteiger partial charge is 0.316 e. The summed E-state index contributed by atoms with van der Waals surface area (Å²) >= 11 is 1.85. The number of aromatic nitrogens is 1. The van der Waals surface area contributed by atoms with Crippen LogP contribution in [0, 0.1) is 6.92 Å². The Bertz CT molecular complexity index is 236. The van der Waals surface area contributed by atoms with E-state index in [1.54, 1.807) is 0 Å². The number of hydrogen-bond acceptors (Lipinski definition) is 3. The number of aryl methyl sites for hydroxylation is 1. The first-order valence-electron chi connectivity index (χ1n) is 4.02. The van der Waals surface area contributed by atoms with Gasteiger partial charge in [-0.15, -0.1) is 28.3 Å². The number of nitrogens with one attached hydrogen (secondary N) is 1. The fraction of sp³-hybridized carbons (Fsp3) is 0.625. The zero-order chi connectivity index (χ0) is 7.68. The molecule has 1 aromatic heterocycles. The van der Waals surface area contributed by atoms with Crippen LogP contribution in [-0.2, 0) is 12.8 Å². The van der Waals surface area contributed by atoms with Crippen molar-refractivity contribution in [2.24, 2.45) is 0 Å². The van der Waals surface area contributed by atoms with Crippen molar-refractivity contribution < 1.29 is 0 Å². The highest BCUT2D eigenvalue weighted by molar-refractivity contribution is 8.93. The smallest absolute Gasteiger partial charge is 0.0900 e. The number of hydrogen-bond donors (Lipinski definition) is 1. The molecule has 2 heterocycles. The molecule has 1 aromatic rings. The Kier molecular flexibility index (Phi) is 3.68. The molecule has 0 saturated carbocycles. The zero-order valence-corrected chi connectivity index (χ0v) is 9.62. The van der Waals surface area contributed by atoms with E-state index in [1.165, 1.54) is 22.0 Å². The molecule has 2 nitrogen and oxygen atoms in total. The zero-order valence-electron chi connectivity index (χ0n) is 7.09. The first-order chi connectivity index (χ1) is 5.36.